The van der Waals surface area contributed by atoms with Crippen LogP contribution in [0.4, 0.5) is 17.1 Å². The van der Waals surface area contributed by atoms with Gasteiger partial charge in [0, 0.05) is 39.4 Å². The third-order valence-corrected chi connectivity index (χ3v) is 7.14. The predicted molar refractivity (Wildman–Crippen MR) is 155 cm³/mol. The summed E-state index contributed by atoms with van der Waals surface area (Å²) in [5.41, 5.74) is 5.98. The Kier molecular flexibility index (Phi) is 5.79. The van der Waals surface area contributed by atoms with E-state index >= 15 is 0 Å². The number of allylic oxidation sites excluding steroid dienone is 1. The molecule has 2 heteroatoms. The molecular weight excluding hydrogens is 436 g/mol. The molecule has 5 aromatic carbocycles. The van der Waals surface area contributed by atoms with Crippen LogP contribution in [0, 0.1) is 12.8 Å². The molecule has 2 nitrogen and oxygen atoms in total. The normalized spacial score (nSPS) is 17.2. The van der Waals surface area contributed by atoms with Crippen LogP contribution >= 0.6 is 0 Å². The van der Waals surface area contributed by atoms with Gasteiger partial charge in [-0.05, 0) is 48.0 Å². The molecule has 0 aliphatic heterocycles. The van der Waals surface area contributed by atoms with Crippen molar-refractivity contribution in [3.8, 4) is 0 Å². The van der Waals surface area contributed by atoms with Crippen LogP contribution in [0.3, 0.4) is 0 Å². The van der Waals surface area contributed by atoms with E-state index in [4.69, 9.17) is 0 Å². The lowest BCUT2D eigenvalue weighted by atomic mass is 9.91. The second-order valence-electron chi connectivity index (χ2n) is 9.69. The van der Waals surface area contributed by atoms with E-state index < -0.39 is 0 Å². The third kappa shape index (κ3) is 4.16. The van der Waals surface area contributed by atoms with Crippen LogP contribution in [0.2, 0.25) is 0 Å². The maximum absolute atomic E-state index is 3.59. The van der Waals surface area contributed by atoms with Gasteiger partial charge in [0.2, 0.25) is 0 Å². The van der Waals surface area contributed by atoms with E-state index in [2.05, 4.69) is 151 Å². The lowest BCUT2D eigenvalue weighted by Gasteiger charge is -2.38. The number of fused-ring (bicyclic) bond motifs is 2. The van der Waals surface area contributed by atoms with Gasteiger partial charge in [0.1, 0.15) is 0 Å². The summed E-state index contributed by atoms with van der Waals surface area (Å²) in [6.07, 6.45) is 6.94. The molecule has 0 radical (unpaired) electrons. The second-order valence-corrected chi connectivity index (χ2v) is 9.69. The number of hydrogen-bond acceptors (Lipinski definition) is 2. The van der Waals surface area contributed by atoms with Gasteiger partial charge in [-0.2, -0.15) is 0 Å². The quantitative estimate of drug-likeness (QED) is 0.278. The minimum Gasteiger partial charge on any atom is -0.356 e. The first-order chi connectivity index (χ1) is 17.7. The van der Waals surface area contributed by atoms with Gasteiger partial charge >= 0.3 is 0 Å². The van der Waals surface area contributed by atoms with Crippen molar-refractivity contribution in [3.05, 3.63) is 139 Å². The van der Waals surface area contributed by atoms with Gasteiger partial charge in [0.25, 0.3) is 0 Å². The molecule has 2 unspecified atom stereocenters. The largest absolute Gasteiger partial charge is 0.356 e. The molecule has 0 saturated heterocycles. The van der Waals surface area contributed by atoms with Gasteiger partial charge in [-0.15, -0.1) is 0 Å². The molecule has 2 atom stereocenters. The van der Waals surface area contributed by atoms with Crippen molar-refractivity contribution in [1.29, 1.82) is 0 Å². The van der Waals surface area contributed by atoms with Gasteiger partial charge in [0.15, 0.2) is 0 Å². The minimum atomic E-state index is 0.171. The molecule has 6 rings (SSSR count). The molecule has 0 aromatic heterocycles. The second kappa shape index (κ2) is 9.39. The Labute approximate surface area is 213 Å². The van der Waals surface area contributed by atoms with Crippen molar-refractivity contribution >= 4 is 38.6 Å². The molecule has 1 aliphatic carbocycles. The molecule has 0 spiro atoms. The van der Waals surface area contributed by atoms with Gasteiger partial charge in [-0.3, -0.25) is 0 Å². The summed E-state index contributed by atoms with van der Waals surface area (Å²) < 4.78 is 0. The van der Waals surface area contributed by atoms with Gasteiger partial charge in [-0.25, -0.2) is 0 Å². The molecule has 1 N–H and O–H groups in total. The Hall–Kier alpha value is -4.30. The van der Waals surface area contributed by atoms with E-state index in [9.17, 15) is 0 Å². The summed E-state index contributed by atoms with van der Waals surface area (Å²) in [4.78, 5) is 2.53. The van der Waals surface area contributed by atoms with Crippen LogP contribution in [0.1, 0.15) is 12.5 Å². The van der Waals surface area contributed by atoms with E-state index in [1.165, 1.54) is 38.5 Å². The van der Waals surface area contributed by atoms with E-state index in [1.807, 2.05) is 0 Å². The van der Waals surface area contributed by atoms with Crippen LogP contribution in [0.5, 0.6) is 0 Å². The SMILES string of the molecule is Cc1ccc(NC2=CC(C)C(N(c3cccc4ccccc34)c3cccc4ccccc34)C=C2)cc1. The van der Waals surface area contributed by atoms with E-state index in [0.717, 1.165) is 11.4 Å². The Morgan fingerprint density at radius 1 is 0.639 bits per heavy atom. The molecule has 0 heterocycles. The lowest BCUT2D eigenvalue weighted by Crippen LogP contribution is -2.36. The fraction of sp³-hybridized carbons (Fsp3) is 0.118. The first-order valence-corrected chi connectivity index (χ1v) is 12.7. The van der Waals surface area contributed by atoms with Crippen molar-refractivity contribution in [2.24, 2.45) is 5.92 Å². The fourth-order valence-electron chi connectivity index (χ4n) is 5.31. The average molecular weight is 467 g/mol. The summed E-state index contributed by atoms with van der Waals surface area (Å²) in [6, 6.07) is 39.4. The van der Waals surface area contributed by atoms with Crippen molar-refractivity contribution in [2.75, 3.05) is 10.2 Å². The van der Waals surface area contributed by atoms with E-state index in [1.54, 1.807) is 0 Å². The van der Waals surface area contributed by atoms with Crippen molar-refractivity contribution in [2.45, 2.75) is 19.9 Å². The first kappa shape index (κ1) is 22.2. The standard InChI is InChI=1S/C34H30N2/c1-24-17-19-28(20-18-24)35-29-21-22-32(25(2)23-29)36(33-15-7-11-26-9-3-5-13-30(26)33)34-16-8-12-27-10-4-6-14-31(27)34/h3-23,25,32,35H,1-2H3. The molecule has 0 amide bonds. The van der Waals surface area contributed by atoms with Crippen LogP contribution in [0.15, 0.2) is 133 Å². The van der Waals surface area contributed by atoms with Crippen LogP contribution in [-0.4, -0.2) is 6.04 Å². The molecule has 0 saturated carbocycles. The minimum absolute atomic E-state index is 0.171. The number of anilines is 3. The smallest absolute Gasteiger partial charge is 0.0587 e. The molecule has 1 aliphatic rings. The number of benzene rings is 5. The maximum Gasteiger partial charge on any atom is 0.0587 e. The number of hydrogen-bond donors (Lipinski definition) is 1. The van der Waals surface area contributed by atoms with Gasteiger partial charge < -0.3 is 10.2 Å². The molecule has 5 aromatic rings. The number of nitrogens with one attached hydrogen (secondary N) is 1. The highest BCUT2D eigenvalue weighted by Gasteiger charge is 2.27. The molecular formula is C34H30N2. The first-order valence-electron chi connectivity index (χ1n) is 12.7. The Balaban J connectivity index is 1.45. The van der Waals surface area contributed by atoms with Crippen molar-refractivity contribution in [1.82, 2.24) is 0 Å². The molecule has 0 bridgehead atoms. The zero-order chi connectivity index (χ0) is 24.5. The monoisotopic (exact) mass is 466 g/mol. The van der Waals surface area contributed by atoms with Gasteiger partial charge in [0.05, 0.1) is 6.04 Å². The Bertz CT molecular complexity index is 1500. The Morgan fingerprint density at radius 3 is 1.78 bits per heavy atom. The van der Waals surface area contributed by atoms with Crippen molar-refractivity contribution < 1.29 is 0 Å². The van der Waals surface area contributed by atoms with Crippen LogP contribution in [-0.2, 0) is 0 Å². The summed E-state index contributed by atoms with van der Waals surface area (Å²) in [5, 5.41) is 8.63. The number of rotatable bonds is 5. The van der Waals surface area contributed by atoms with Crippen LogP contribution < -0.4 is 10.2 Å². The average Bonchev–Trinajstić information content (AvgIpc) is 2.91. The Morgan fingerprint density at radius 2 is 1.19 bits per heavy atom. The lowest BCUT2D eigenvalue weighted by molar-refractivity contribution is 0.607. The maximum atomic E-state index is 3.59. The van der Waals surface area contributed by atoms with E-state index in [-0.39, 0.29) is 6.04 Å². The summed E-state index contributed by atoms with van der Waals surface area (Å²) in [7, 11) is 0. The fourth-order valence-corrected chi connectivity index (χ4v) is 5.31. The van der Waals surface area contributed by atoms with Gasteiger partial charge in [-0.1, -0.05) is 110 Å². The van der Waals surface area contributed by atoms with E-state index in [0.29, 0.717) is 5.92 Å². The summed E-state index contributed by atoms with van der Waals surface area (Å²) >= 11 is 0. The zero-order valence-corrected chi connectivity index (χ0v) is 20.7. The number of aryl methyl sites for hydroxylation is 1. The highest BCUT2D eigenvalue weighted by Crippen LogP contribution is 2.40. The van der Waals surface area contributed by atoms with Crippen molar-refractivity contribution in [3.63, 3.8) is 0 Å². The summed E-state index contributed by atoms with van der Waals surface area (Å²) in [6.45, 7) is 4.43. The predicted octanol–water partition coefficient (Wildman–Crippen LogP) is 9.01. The third-order valence-electron chi connectivity index (χ3n) is 7.14. The number of nitrogens with zero attached hydrogens (tertiary/aromatic N) is 1. The molecule has 36 heavy (non-hydrogen) atoms. The zero-order valence-electron chi connectivity index (χ0n) is 20.7. The topological polar surface area (TPSA) is 15.3 Å². The highest BCUT2D eigenvalue weighted by molar-refractivity contribution is 6.02. The molecule has 176 valence electrons. The van der Waals surface area contributed by atoms with Crippen LogP contribution in [0.25, 0.3) is 21.5 Å². The highest BCUT2D eigenvalue weighted by atomic mass is 15.2. The molecule has 0 fully saturated rings. The summed E-state index contributed by atoms with van der Waals surface area (Å²) in [5.74, 6) is 0.292.